The Balaban J connectivity index is 2.16. The van der Waals surface area contributed by atoms with Crippen LogP contribution >= 0.6 is 0 Å². The quantitative estimate of drug-likeness (QED) is 0.638. The number of rotatable bonds is 5. The highest BCUT2D eigenvalue weighted by Gasteiger charge is 2.16. The molecule has 0 atom stereocenters. The summed E-state index contributed by atoms with van der Waals surface area (Å²) in [5.41, 5.74) is 0.520. The van der Waals surface area contributed by atoms with Crippen molar-refractivity contribution in [2.24, 2.45) is 0 Å². The zero-order valence-corrected chi connectivity index (χ0v) is 11.4. The summed E-state index contributed by atoms with van der Waals surface area (Å²) in [5, 5.41) is 19.5. The van der Waals surface area contributed by atoms with Gasteiger partial charge in [0.25, 0.3) is 11.6 Å². The lowest BCUT2D eigenvalue weighted by Crippen LogP contribution is -2.13. The Morgan fingerprint density at radius 1 is 1.52 bits per heavy atom. The number of hydrogen-bond acceptors (Lipinski definition) is 6. The van der Waals surface area contributed by atoms with E-state index in [-0.39, 0.29) is 23.2 Å². The van der Waals surface area contributed by atoms with Crippen LogP contribution in [0.4, 0.5) is 11.6 Å². The number of nitrogens with zero attached hydrogens (tertiary/aromatic N) is 3. The van der Waals surface area contributed by atoms with Crippen molar-refractivity contribution in [3.8, 4) is 6.01 Å². The van der Waals surface area contributed by atoms with Crippen molar-refractivity contribution in [2.45, 2.75) is 13.8 Å². The molecule has 2 N–H and O–H groups in total. The van der Waals surface area contributed by atoms with E-state index in [1.807, 2.05) is 0 Å². The first kappa shape index (κ1) is 14.4. The molecule has 0 aliphatic rings. The minimum Gasteiger partial charge on any atom is -0.463 e. The van der Waals surface area contributed by atoms with Crippen LogP contribution < -0.4 is 10.1 Å². The molecule has 0 unspecified atom stereocenters. The van der Waals surface area contributed by atoms with E-state index in [1.165, 1.54) is 18.2 Å². The van der Waals surface area contributed by atoms with E-state index in [9.17, 15) is 14.9 Å². The molecule has 0 saturated carbocycles. The Morgan fingerprint density at radius 3 is 2.95 bits per heavy atom. The van der Waals surface area contributed by atoms with E-state index in [2.05, 4.69) is 20.5 Å². The summed E-state index contributed by atoms with van der Waals surface area (Å²) in [7, 11) is 0. The SMILES string of the molecule is CCOc1n[nH]c(NC(=O)c2ccc(C)c([N+](=O)[O-])c2)n1. The highest BCUT2D eigenvalue weighted by molar-refractivity contribution is 6.03. The van der Waals surface area contributed by atoms with E-state index in [0.717, 1.165) is 0 Å². The van der Waals surface area contributed by atoms with Gasteiger partial charge < -0.3 is 4.74 Å². The number of hydrogen-bond donors (Lipinski definition) is 2. The number of aryl methyl sites for hydroxylation is 1. The van der Waals surface area contributed by atoms with Crippen LogP contribution in [0.25, 0.3) is 0 Å². The van der Waals surface area contributed by atoms with Crippen molar-refractivity contribution in [1.29, 1.82) is 0 Å². The van der Waals surface area contributed by atoms with Gasteiger partial charge in [0, 0.05) is 17.2 Å². The maximum atomic E-state index is 12.0. The summed E-state index contributed by atoms with van der Waals surface area (Å²) >= 11 is 0. The fourth-order valence-electron chi connectivity index (χ4n) is 1.62. The van der Waals surface area contributed by atoms with Gasteiger partial charge in [0.2, 0.25) is 5.95 Å². The second-order valence-electron chi connectivity index (χ2n) is 4.11. The Hall–Kier alpha value is -2.97. The molecule has 0 spiro atoms. The molecule has 0 aliphatic carbocycles. The first-order chi connectivity index (χ1) is 10.0. The van der Waals surface area contributed by atoms with E-state index >= 15 is 0 Å². The number of carbonyl (C=O) groups excluding carboxylic acids is 1. The van der Waals surface area contributed by atoms with Gasteiger partial charge in [-0.1, -0.05) is 6.07 Å². The van der Waals surface area contributed by atoms with Gasteiger partial charge in [-0.15, -0.1) is 5.10 Å². The second kappa shape index (κ2) is 5.99. The lowest BCUT2D eigenvalue weighted by Gasteiger charge is -2.03. The summed E-state index contributed by atoms with van der Waals surface area (Å²) in [6.07, 6.45) is 0. The Morgan fingerprint density at radius 2 is 2.29 bits per heavy atom. The van der Waals surface area contributed by atoms with E-state index < -0.39 is 10.8 Å². The van der Waals surface area contributed by atoms with Crippen LogP contribution in [0.15, 0.2) is 18.2 Å². The van der Waals surface area contributed by atoms with Gasteiger partial charge in [-0.3, -0.25) is 20.2 Å². The summed E-state index contributed by atoms with van der Waals surface area (Å²) in [6, 6.07) is 4.34. The summed E-state index contributed by atoms with van der Waals surface area (Å²) in [6.45, 7) is 3.78. The molecular weight excluding hydrogens is 278 g/mol. The first-order valence-corrected chi connectivity index (χ1v) is 6.13. The van der Waals surface area contributed by atoms with Crippen LogP contribution in [0.3, 0.4) is 0 Å². The molecule has 9 heteroatoms. The average Bonchev–Trinajstić information content (AvgIpc) is 2.86. The average molecular weight is 291 g/mol. The molecule has 1 aromatic carbocycles. The number of aromatic amines is 1. The zero-order valence-electron chi connectivity index (χ0n) is 11.4. The monoisotopic (exact) mass is 291 g/mol. The number of nitro groups is 1. The number of benzene rings is 1. The van der Waals surface area contributed by atoms with Crippen LogP contribution in [0, 0.1) is 17.0 Å². The van der Waals surface area contributed by atoms with Crippen molar-refractivity contribution in [3.05, 3.63) is 39.4 Å². The summed E-state index contributed by atoms with van der Waals surface area (Å²) in [5.74, 6) is -0.427. The number of carbonyl (C=O) groups is 1. The molecule has 0 fully saturated rings. The third-order valence-electron chi connectivity index (χ3n) is 2.64. The number of H-pyrrole nitrogens is 1. The molecule has 0 saturated heterocycles. The smallest absolute Gasteiger partial charge is 0.337 e. The van der Waals surface area contributed by atoms with Gasteiger partial charge in [0.05, 0.1) is 11.5 Å². The number of ether oxygens (including phenoxy) is 1. The first-order valence-electron chi connectivity index (χ1n) is 6.13. The molecule has 0 bridgehead atoms. The molecule has 1 heterocycles. The predicted octanol–water partition coefficient (Wildman–Crippen LogP) is 1.67. The van der Waals surface area contributed by atoms with Gasteiger partial charge in [-0.25, -0.2) is 5.10 Å². The molecule has 1 aromatic heterocycles. The number of nitrogens with one attached hydrogen (secondary N) is 2. The van der Waals surface area contributed by atoms with Gasteiger partial charge in [0.15, 0.2) is 0 Å². The van der Waals surface area contributed by atoms with Gasteiger partial charge >= 0.3 is 6.01 Å². The number of nitro benzene ring substituents is 1. The lowest BCUT2D eigenvalue weighted by molar-refractivity contribution is -0.385. The Kier molecular flexibility index (Phi) is 4.12. The predicted molar refractivity (Wildman–Crippen MR) is 73.3 cm³/mol. The van der Waals surface area contributed by atoms with Crippen LogP contribution in [0.2, 0.25) is 0 Å². The fourth-order valence-corrected chi connectivity index (χ4v) is 1.62. The maximum Gasteiger partial charge on any atom is 0.337 e. The van der Waals surface area contributed by atoms with E-state index in [4.69, 9.17) is 4.74 Å². The number of anilines is 1. The molecule has 110 valence electrons. The third kappa shape index (κ3) is 3.32. The summed E-state index contributed by atoms with van der Waals surface area (Å²) in [4.78, 5) is 26.2. The Labute approximate surface area is 119 Å². The van der Waals surface area contributed by atoms with Crippen molar-refractivity contribution in [3.63, 3.8) is 0 Å². The minimum absolute atomic E-state index is 0.103. The van der Waals surface area contributed by atoms with Crippen molar-refractivity contribution >= 4 is 17.5 Å². The Bertz CT molecular complexity index is 682. The standard InChI is InChI=1S/C12H13N5O4/c1-3-21-12-14-11(15-16-12)13-10(18)8-5-4-7(2)9(6-8)17(19)20/h4-6H,3H2,1-2H3,(H2,13,14,15,16,18). The molecular formula is C12H13N5O4. The molecule has 2 aromatic rings. The maximum absolute atomic E-state index is 12.0. The van der Waals surface area contributed by atoms with E-state index in [0.29, 0.717) is 12.2 Å². The van der Waals surface area contributed by atoms with Gasteiger partial charge in [0.1, 0.15) is 0 Å². The molecule has 0 aliphatic heterocycles. The van der Waals surface area contributed by atoms with Gasteiger partial charge in [-0.05, 0) is 19.9 Å². The zero-order chi connectivity index (χ0) is 15.4. The molecule has 21 heavy (non-hydrogen) atoms. The number of amides is 1. The largest absolute Gasteiger partial charge is 0.463 e. The van der Waals surface area contributed by atoms with E-state index in [1.54, 1.807) is 13.8 Å². The molecule has 2 rings (SSSR count). The van der Waals surface area contributed by atoms with Crippen molar-refractivity contribution < 1.29 is 14.5 Å². The summed E-state index contributed by atoms with van der Waals surface area (Å²) < 4.78 is 5.05. The van der Waals surface area contributed by atoms with Crippen molar-refractivity contribution in [2.75, 3.05) is 11.9 Å². The van der Waals surface area contributed by atoms with Crippen LogP contribution in [-0.2, 0) is 0 Å². The fraction of sp³-hybridized carbons (Fsp3) is 0.250. The topological polar surface area (TPSA) is 123 Å². The second-order valence-corrected chi connectivity index (χ2v) is 4.11. The molecule has 9 nitrogen and oxygen atoms in total. The molecule has 1 amide bonds. The molecule has 0 radical (unpaired) electrons. The van der Waals surface area contributed by atoms with Gasteiger partial charge in [-0.2, -0.15) is 4.98 Å². The normalized spacial score (nSPS) is 10.2. The highest BCUT2D eigenvalue weighted by Crippen LogP contribution is 2.19. The highest BCUT2D eigenvalue weighted by atomic mass is 16.6. The van der Waals surface area contributed by atoms with Crippen LogP contribution in [-0.4, -0.2) is 32.6 Å². The van der Waals surface area contributed by atoms with Crippen LogP contribution in [0.5, 0.6) is 6.01 Å². The number of aromatic nitrogens is 3. The van der Waals surface area contributed by atoms with Crippen molar-refractivity contribution in [1.82, 2.24) is 15.2 Å². The lowest BCUT2D eigenvalue weighted by atomic mass is 10.1. The third-order valence-corrected chi connectivity index (χ3v) is 2.64. The van der Waals surface area contributed by atoms with Crippen LogP contribution in [0.1, 0.15) is 22.8 Å². The minimum atomic E-state index is -0.534.